The Balaban J connectivity index is 1.85. The molecule has 1 aromatic rings. The number of piperidine rings is 1. The molecule has 5 heteroatoms. The summed E-state index contributed by atoms with van der Waals surface area (Å²) in [5.74, 6) is 1.13. The first-order valence-corrected chi connectivity index (χ1v) is 8.14. The van der Waals surface area contributed by atoms with Gasteiger partial charge in [0, 0.05) is 26.2 Å². The van der Waals surface area contributed by atoms with Gasteiger partial charge in [0.1, 0.15) is 5.75 Å². The quantitative estimate of drug-likeness (QED) is 0.798. The van der Waals surface area contributed by atoms with Crippen molar-refractivity contribution in [1.82, 2.24) is 10.2 Å². The molecule has 0 spiro atoms. The largest absolute Gasteiger partial charge is 0.494 e. The predicted octanol–water partition coefficient (Wildman–Crippen LogP) is 1.37. The van der Waals surface area contributed by atoms with E-state index in [-0.39, 0.29) is 11.8 Å². The van der Waals surface area contributed by atoms with Crippen LogP contribution >= 0.6 is 0 Å². The van der Waals surface area contributed by atoms with Crippen molar-refractivity contribution in [3.05, 3.63) is 29.8 Å². The van der Waals surface area contributed by atoms with Gasteiger partial charge in [-0.05, 0) is 44.0 Å². The van der Waals surface area contributed by atoms with Gasteiger partial charge in [0.2, 0.25) is 5.91 Å². The molecule has 1 unspecified atom stereocenters. The number of nitrogens with two attached hydrogens (primary N) is 1. The molecule has 3 N–H and O–H groups in total. The van der Waals surface area contributed by atoms with Gasteiger partial charge in [-0.1, -0.05) is 12.1 Å². The summed E-state index contributed by atoms with van der Waals surface area (Å²) in [5.41, 5.74) is 6.69. The number of benzene rings is 1. The lowest BCUT2D eigenvalue weighted by Crippen LogP contribution is -2.43. The summed E-state index contributed by atoms with van der Waals surface area (Å²) in [4.78, 5) is 14.4. The van der Waals surface area contributed by atoms with Crippen LogP contribution in [-0.2, 0) is 11.3 Å². The summed E-state index contributed by atoms with van der Waals surface area (Å²) >= 11 is 0. The predicted molar refractivity (Wildman–Crippen MR) is 87.7 cm³/mol. The molecule has 0 radical (unpaired) electrons. The van der Waals surface area contributed by atoms with Crippen molar-refractivity contribution in [3.8, 4) is 5.75 Å². The highest BCUT2D eigenvalue weighted by molar-refractivity contribution is 5.78. The standard InChI is InChI=1S/C17H27N3O2/c1-2-22-16-7-5-14(6-8-16)12-20-11-3-4-15(13-20)17(21)19-10-9-18/h5-8,15H,2-4,9-13,18H2,1H3,(H,19,21). The summed E-state index contributed by atoms with van der Waals surface area (Å²) < 4.78 is 5.46. The fourth-order valence-corrected chi connectivity index (χ4v) is 2.87. The topological polar surface area (TPSA) is 67.6 Å². The summed E-state index contributed by atoms with van der Waals surface area (Å²) in [6.07, 6.45) is 2.04. The van der Waals surface area contributed by atoms with E-state index in [9.17, 15) is 4.79 Å². The molecule has 5 nitrogen and oxygen atoms in total. The first-order chi connectivity index (χ1) is 10.7. The third kappa shape index (κ3) is 5.00. The van der Waals surface area contributed by atoms with E-state index < -0.39 is 0 Å². The summed E-state index contributed by atoms with van der Waals surface area (Å²) in [5, 5.41) is 2.90. The van der Waals surface area contributed by atoms with Crippen LogP contribution in [0.4, 0.5) is 0 Å². The lowest BCUT2D eigenvalue weighted by Gasteiger charge is -2.32. The number of carbonyl (C=O) groups excluding carboxylic acids is 1. The van der Waals surface area contributed by atoms with E-state index in [1.54, 1.807) is 0 Å². The average Bonchev–Trinajstić information content (AvgIpc) is 2.55. The van der Waals surface area contributed by atoms with Gasteiger partial charge in [0.25, 0.3) is 0 Å². The van der Waals surface area contributed by atoms with Crippen LogP contribution in [0, 0.1) is 5.92 Å². The van der Waals surface area contributed by atoms with Gasteiger partial charge in [0.15, 0.2) is 0 Å². The van der Waals surface area contributed by atoms with Crippen LogP contribution in [0.2, 0.25) is 0 Å². The molecule has 1 aliphatic heterocycles. The van der Waals surface area contributed by atoms with Crippen LogP contribution < -0.4 is 15.8 Å². The zero-order valence-corrected chi connectivity index (χ0v) is 13.4. The van der Waals surface area contributed by atoms with Gasteiger partial charge < -0.3 is 15.8 Å². The molecular weight excluding hydrogens is 278 g/mol. The second-order valence-electron chi connectivity index (χ2n) is 5.73. The molecule has 1 atom stereocenters. The van der Waals surface area contributed by atoms with E-state index in [0.29, 0.717) is 19.7 Å². The van der Waals surface area contributed by atoms with Crippen LogP contribution in [0.3, 0.4) is 0 Å². The Bertz CT molecular complexity index is 461. The molecule has 22 heavy (non-hydrogen) atoms. The maximum absolute atomic E-state index is 12.1. The Hall–Kier alpha value is -1.59. The van der Waals surface area contributed by atoms with Crippen molar-refractivity contribution in [3.63, 3.8) is 0 Å². The van der Waals surface area contributed by atoms with Gasteiger partial charge in [-0.3, -0.25) is 9.69 Å². The van der Waals surface area contributed by atoms with Gasteiger partial charge in [-0.15, -0.1) is 0 Å². The Labute approximate surface area is 132 Å². The molecule has 0 bridgehead atoms. The van der Waals surface area contributed by atoms with Crippen molar-refractivity contribution >= 4 is 5.91 Å². The second kappa shape index (κ2) is 8.76. The maximum Gasteiger partial charge on any atom is 0.224 e. The highest BCUT2D eigenvalue weighted by atomic mass is 16.5. The molecular formula is C17H27N3O2. The van der Waals surface area contributed by atoms with Crippen LogP contribution in [0.15, 0.2) is 24.3 Å². The Morgan fingerprint density at radius 3 is 2.86 bits per heavy atom. The number of hydrogen-bond acceptors (Lipinski definition) is 4. The molecule has 122 valence electrons. The maximum atomic E-state index is 12.1. The number of carbonyl (C=O) groups is 1. The Morgan fingerprint density at radius 1 is 1.41 bits per heavy atom. The molecule has 2 rings (SSSR count). The molecule has 1 heterocycles. The fourth-order valence-electron chi connectivity index (χ4n) is 2.87. The van der Waals surface area contributed by atoms with Crippen molar-refractivity contribution in [1.29, 1.82) is 0 Å². The van der Waals surface area contributed by atoms with E-state index in [0.717, 1.165) is 38.2 Å². The van der Waals surface area contributed by atoms with Crippen LogP contribution in [0.1, 0.15) is 25.3 Å². The van der Waals surface area contributed by atoms with Gasteiger partial charge in [-0.25, -0.2) is 0 Å². The fraction of sp³-hybridized carbons (Fsp3) is 0.588. The van der Waals surface area contributed by atoms with Crippen LogP contribution in [0.5, 0.6) is 5.75 Å². The molecule has 1 fully saturated rings. The minimum Gasteiger partial charge on any atom is -0.494 e. The van der Waals surface area contributed by atoms with Crippen LogP contribution in [-0.4, -0.2) is 43.6 Å². The highest BCUT2D eigenvalue weighted by Gasteiger charge is 2.25. The molecule has 0 saturated carbocycles. The number of ether oxygens (including phenoxy) is 1. The van der Waals surface area contributed by atoms with Gasteiger partial charge in [0.05, 0.1) is 12.5 Å². The van der Waals surface area contributed by atoms with E-state index >= 15 is 0 Å². The monoisotopic (exact) mass is 305 g/mol. The number of hydrogen-bond donors (Lipinski definition) is 2. The summed E-state index contributed by atoms with van der Waals surface area (Å²) in [7, 11) is 0. The number of nitrogens with zero attached hydrogens (tertiary/aromatic N) is 1. The van der Waals surface area contributed by atoms with E-state index in [2.05, 4.69) is 22.3 Å². The molecule has 0 aliphatic carbocycles. The van der Waals surface area contributed by atoms with Crippen molar-refractivity contribution < 1.29 is 9.53 Å². The van der Waals surface area contributed by atoms with Crippen molar-refractivity contribution in [2.75, 3.05) is 32.8 Å². The normalized spacial score (nSPS) is 18.9. The molecule has 1 aromatic carbocycles. The minimum absolute atomic E-state index is 0.0861. The summed E-state index contributed by atoms with van der Waals surface area (Å²) in [6.45, 7) is 6.48. The van der Waals surface area contributed by atoms with Crippen molar-refractivity contribution in [2.45, 2.75) is 26.3 Å². The highest BCUT2D eigenvalue weighted by Crippen LogP contribution is 2.20. The van der Waals surface area contributed by atoms with E-state index in [1.165, 1.54) is 5.56 Å². The number of likely N-dealkylation sites (tertiary alicyclic amines) is 1. The second-order valence-corrected chi connectivity index (χ2v) is 5.73. The minimum atomic E-state index is 0.0861. The first-order valence-electron chi connectivity index (χ1n) is 8.14. The number of amides is 1. The van der Waals surface area contributed by atoms with Crippen molar-refractivity contribution in [2.24, 2.45) is 11.7 Å². The SMILES string of the molecule is CCOc1ccc(CN2CCCC(C(=O)NCCN)C2)cc1. The molecule has 1 amide bonds. The molecule has 0 aromatic heterocycles. The van der Waals surface area contributed by atoms with E-state index in [1.807, 2.05) is 19.1 Å². The Kier molecular flexibility index (Phi) is 6.68. The first kappa shape index (κ1) is 16.8. The molecule has 1 saturated heterocycles. The number of rotatable bonds is 7. The lowest BCUT2D eigenvalue weighted by molar-refractivity contribution is -0.126. The zero-order valence-electron chi connectivity index (χ0n) is 13.4. The lowest BCUT2D eigenvalue weighted by atomic mass is 9.96. The van der Waals surface area contributed by atoms with Gasteiger partial charge >= 0.3 is 0 Å². The van der Waals surface area contributed by atoms with Gasteiger partial charge in [-0.2, -0.15) is 0 Å². The van der Waals surface area contributed by atoms with E-state index in [4.69, 9.17) is 10.5 Å². The number of nitrogens with one attached hydrogen (secondary N) is 1. The smallest absolute Gasteiger partial charge is 0.224 e. The average molecular weight is 305 g/mol. The third-order valence-electron chi connectivity index (χ3n) is 3.96. The zero-order chi connectivity index (χ0) is 15.8. The molecule has 1 aliphatic rings. The Morgan fingerprint density at radius 2 is 2.18 bits per heavy atom. The summed E-state index contributed by atoms with van der Waals surface area (Å²) in [6, 6.07) is 8.22. The van der Waals surface area contributed by atoms with Crippen LogP contribution in [0.25, 0.3) is 0 Å². The third-order valence-corrected chi connectivity index (χ3v) is 3.96.